The average Bonchev–Trinajstić information content (AvgIpc) is 3.20. The van der Waals surface area contributed by atoms with Gasteiger partial charge < -0.3 is 16.4 Å². The molecule has 0 saturated heterocycles. The van der Waals surface area contributed by atoms with Crippen molar-refractivity contribution in [3.05, 3.63) is 80.7 Å². The van der Waals surface area contributed by atoms with Gasteiger partial charge in [-0.1, -0.05) is 24.3 Å². The lowest BCUT2D eigenvalue weighted by Crippen LogP contribution is -2.36. The van der Waals surface area contributed by atoms with E-state index < -0.39 is 6.04 Å². The van der Waals surface area contributed by atoms with Gasteiger partial charge in [-0.05, 0) is 55.5 Å². The molecule has 166 valence electrons. The summed E-state index contributed by atoms with van der Waals surface area (Å²) in [4.78, 5) is 34.7. The van der Waals surface area contributed by atoms with Crippen LogP contribution in [0, 0.1) is 20.8 Å². The molecule has 0 bridgehead atoms. The number of hydrogen-bond acceptors (Lipinski definition) is 6. The van der Waals surface area contributed by atoms with Crippen LogP contribution in [0.4, 0.5) is 11.5 Å². The van der Waals surface area contributed by atoms with Crippen LogP contribution in [0.25, 0.3) is 0 Å². The Morgan fingerprint density at radius 1 is 1.16 bits per heavy atom. The number of nitrogens with zero attached hydrogens (tertiary/aromatic N) is 3. The van der Waals surface area contributed by atoms with Gasteiger partial charge in [-0.2, -0.15) is 0 Å². The second-order valence-electron chi connectivity index (χ2n) is 8.29. The summed E-state index contributed by atoms with van der Waals surface area (Å²) >= 11 is 0. The Morgan fingerprint density at radius 3 is 2.72 bits per heavy atom. The molecule has 3 heterocycles. The quantitative estimate of drug-likeness (QED) is 0.551. The van der Waals surface area contributed by atoms with Gasteiger partial charge in [-0.15, -0.1) is 0 Å². The van der Waals surface area contributed by atoms with E-state index in [0.29, 0.717) is 43.3 Å². The standard InChI is InChI=1S/C24H28N6O2/c1-14-4-5-17(10-15(14)2)11-26-19-13-27-22-9-7-20(30(22)24(19)32)23(31)28-12-18-6-8-21(25)29-16(18)3/h4-6,8,10,13,20,26H,7,9,11-12H2,1-3H3,(H2,25,29)(H,28,31)/t20-/m0/s1. The first kappa shape index (κ1) is 21.5. The fourth-order valence-electron chi connectivity index (χ4n) is 3.98. The first-order valence-electron chi connectivity index (χ1n) is 10.7. The molecule has 1 amide bonds. The van der Waals surface area contributed by atoms with Crippen LogP contribution in [0.5, 0.6) is 0 Å². The van der Waals surface area contributed by atoms with E-state index in [1.807, 2.05) is 19.1 Å². The van der Waals surface area contributed by atoms with Crippen molar-refractivity contribution in [2.45, 2.75) is 52.7 Å². The van der Waals surface area contributed by atoms with Gasteiger partial charge >= 0.3 is 0 Å². The molecule has 4 N–H and O–H groups in total. The van der Waals surface area contributed by atoms with Crippen LogP contribution in [-0.4, -0.2) is 20.4 Å². The first-order valence-corrected chi connectivity index (χ1v) is 10.7. The molecular weight excluding hydrogens is 404 g/mol. The molecule has 0 saturated carbocycles. The fourth-order valence-corrected chi connectivity index (χ4v) is 3.98. The summed E-state index contributed by atoms with van der Waals surface area (Å²) in [6, 6.07) is 9.20. The monoisotopic (exact) mass is 432 g/mol. The largest absolute Gasteiger partial charge is 0.384 e. The Morgan fingerprint density at radius 2 is 1.97 bits per heavy atom. The summed E-state index contributed by atoms with van der Waals surface area (Å²) in [5.74, 6) is 0.883. The van der Waals surface area contributed by atoms with Crippen molar-refractivity contribution in [3.63, 3.8) is 0 Å². The second-order valence-corrected chi connectivity index (χ2v) is 8.29. The fraction of sp³-hybridized carbons (Fsp3) is 0.333. The van der Waals surface area contributed by atoms with E-state index >= 15 is 0 Å². The number of aryl methyl sites for hydroxylation is 4. The van der Waals surface area contributed by atoms with E-state index in [0.717, 1.165) is 16.8 Å². The zero-order valence-corrected chi connectivity index (χ0v) is 18.6. The lowest BCUT2D eigenvalue weighted by Gasteiger charge is -2.16. The zero-order chi connectivity index (χ0) is 22.8. The van der Waals surface area contributed by atoms with Gasteiger partial charge in [0.2, 0.25) is 5.91 Å². The lowest BCUT2D eigenvalue weighted by atomic mass is 10.1. The molecule has 8 nitrogen and oxygen atoms in total. The van der Waals surface area contributed by atoms with Gasteiger partial charge in [0.05, 0.1) is 6.20 Å². The van der Waals surface area contributed by atoms with Gasteiger partial charge in [0.25, 0.3) is 5.56 Å². The number of benzene rings is 1. The van der Waals surface area contributed by atoms with E-state index in [1.54, 1.807) is 12.3 Å². The highest BCUT2D eigenvalue weighted by Gasteiger charge is 2.31. The van der Waals surface area contributed by atoms with E-state index in [1.165, 1.54) is 15.7 Å². The summed E-state index contributed by atoms with van der Waals surface area (Å²) < 4.78 is 1.52. The van der Waals surface area contributed by atoms with Crippen LogP contribution < -0.4 is 21.9 Å². The number of pyridine rings is 1. The Hall–Kier alpha value is -3.68. The molecular formula is C24H28N6O2. The number of nitrogen functional groups attached to an aromatic ring is 1. The van der Waals surface area contributed by atoms with Crippen LogP contribution in [0.3, 0.4) is 0 Å². The molecule has 8 heteroatoms. The number of fused-ring (bicyclic) bond motifs is 1. The van der Waals surface area contributed by atoms with Crippen molar-refractivity contribution in [1.29, 1.82) is 0 Å². The van der Waals surface area contributed by atoms with Gasteiger partial charge in [-0.25, -0.2) is 9.97 Å². The molecule has 2 aromatic heterocycles. The minimum Gasteiger partial charge on any atom is -0.384 e. The zero-order valence-electron chi connectivity index (χ0n) is 18.6. The molecule has 3 aromatic rings. The summed E-state index contributed by atoms with van der Waals surface area (Å²) in [5.41, 5.74) is 11.0. The minimum absolute atomic E-state index is 0.199. The van der Waals surface area contributed by atoms with Gasteiger partial charge in [0.15, 0.2) is 0 Å². The van der Waals surface area contributed by atoms with Crippen molar-refractivity contribution >= 4 is 17.4 Å². The Kier molecular flexibility index (Phi) is 5.94. The SMILES string of the molecule is Cc1ccc(CNc2cnc3n(c2=O)[C@H](C(=O)NCc2ccc(N)nc2C)CC3)cc1C. The molecule has 0 unspecified atom stereocenters. The van der Waals surface area contributed by atoms with Gasteiger partial charge in [0.1, 0.15) is 23.4 Å². The number of carbonyl (C=O) groups excluding carboxylic acids is 1. The number of hydrogen-bond donors (Lipinski definition) is 3. The third kappa shape index (κ3) is 4.34. The summed E-state index contributed by atoms with van der Waals surface area (Å²) in [6.45, 7) is 6.83. The highest BCUT2D eigenvalue weighted by molar-refractivity contribution is 5.81. The molecule has 32 heavy (non-hydrogen) atoms. The normalized spacial score (nSPS) is 14.8. The maximum atomic E-state index is 13.1. The Bertz CT molecular complexity index is 1230. The van der Waals surface area contributed by atoms with Crippen LogP contribution in [0.1, 0.15) is 46.2 Å². The number of anilines is 2. The van der Waals surface area contributed by atoms with Crippen LogP contribution in [0.2, 0.25) is 0 Å². The summed E-state index contributed by atoms with van der Waals surface area (Å²) in [5, 5.41) is 6.12. The molecule has 1 aromatic carbocycles. The molecule has 0 fully saturated rings. The van der Waals surface area contributed by atoms with E-state index in [4.69, 9.17) is 5.73 Å². The van der Waals surface area contributed by atoms with Crippen LogP contribution in [0.15, 0.2) is 41.3 Å². The van der Waals surface area contributed by atoms with Crippen LogP contribution in [-0.2, 0) is 24.3 Å². The topological polar surface area (TPSA) is 115 Å². The number of amides is 1. The molecule has 1 aliphatic heterocycles. The number of aromatic nitrogens is 3. The third-order valence-corrected chi connectivity index (χ3v) is 6.05. The number of nitrogens with two attached hydrogens (primary N) is 1. The lowest BCUT2D eigenvalue weighted by molar-refractivity contribution is -0.124. The van der Waals surface area contributed by atoms with Crippen molar-refractivity contribution < 1.29 is 4.79 Å². The van der Waals surface area contributed by atoms with Crippen LogP contribution >= 0.6 is 0 Å². The summed E-state index contributed by atoms with van der Waals surface area (Å²) in [6.07, 6.45) is 2.71. The maximum absolute atomic E-state index is 13.1. The minimum atomic E-state index is -0.574. The number of carbonyl (C=O) groups is 1. The van der Waals surface area contributed by atoms with E-state index in [-0.39, 0.29) is 11.5 Å². The predicted molar refractivity (Wildman–Crippen MR) is 124 cm³/mol. The van der Waals surface area contributed by atoms with Crippen molar-refractivity contribution in [1.82, 2.24) is 19.9 Å². The number of rotatable bonds is 6. The van der Waals surface area contributed by atoms with Crippen molar-refractivity contribution in [3.8, 4) is 0 Å². The maximum Gasteiger partial charge on any atom is 0.277 e. The second kappa shape index (κ2) is 8.82. The highest BCUT2D eigenvalue weighted by atomic mass is 16.2. The first-order chi connectivity index (χ1) is 15.3. The van der Waals surface area contributed by atoms with Crippen molar-refractivity contribution in [2.24, 2.45) is 0 Å². The van der Waals surface area contributed by atoms with Crippen molar-refractivity contribution in [2.75, 3.05) is 11.1 Å². The molecule has 0 spiro atoms. The molecule has 0 aliphatic carbocycles. The Balaban J connectivity index is 1.48. The smallest absolute Gasteiger partial charge is 0.277 e. The highest BCUT2D eigenvalue weighted by Crippen LogP contribution is 2.23. The summed E-state index contributed by atoms with van der Waals surface area (Å²) in [7, 11) is 0. The Labute approximate surface area is 186 Å². The molecule has 1 atom stereocenters. The van der Waals surface area contributed by atoms with E-state index in [9.17, 15) is 9.59 Å². The molecule has 0 radical (unpaired) electrons. The third-order valence-electron chi connectivity index (χ3n) is 6.05. The molecule has 4 rings (SSSR count). The predicted octanol–water partition coefficient (Wildman–Crippen LogP) is 2.56. The van der Waals surface area contributed by atoms with Gasteiger partial charge in [-0.3, -0.25) is 14.2 Å². The number of nitrogens with one attached hydrogen (secondary N) is 2. The van der Waals surface area contributed by atoms with Gasteiger partial charge in [0, 0.05) is 25.2 Å². The van der Waals surface area contributed by atoms with E-state index in [2.05, 4.69) is 46.6 Å². The molecule has 1 aliphatic rings. The average molecular weight is 433 g/mol.